The number of anilines is 1. The van der Waals surface area contributed by atoms with Crippen molar-refractivity contribution in [1.82, 2.24) is 0 Å². The highest BCUT2D eigenvalue weighted by Gasteiger charge is 2.20. The molecule has 0 unspecified atom stereocenters. The number of hydrogen-bond donors (Lipinski definition) is 1. The van der Waals surface area contributed by atoms with Crippen molar-refractivity contribution in [2.75, 3.05) is 5.73 Å². The summed E-state index contributed by atoms with van der Waals surface area (Å²) in [5.74, 6) is -0.801. The van der Waals surface area contributed by atoms with Crippen molar-refractivity contribution in [1.29, 1.82) is 0 Å². The van der Waals surface area contributed by atoms with E-state index >= 15 is 0 Å². The molecule has 0 fully saturated rings. The molecule has 2 N–H and O–H groups in total. The minimum atomic E-state index is -0.801. The summed E-state index contributed by atoms with van der Waals surface area (Å²) in [5.41, 5.74) is 4.58. The molecule has 0 aromatic heterocycles. The third-order valence-corrected chi connectivity index (χ3v) is 2.43. The van der Waals surface area contributed by atoms with E-state index in [4.69, 9.17) is 17.3 Å². The van der Waals surface area contributed by atoms with Gasteiger partial charge in [-0.1, -0.05) is 11.6 Å². The molecular weight excluding hydrogens is 266 g/mol. The molecule has 0 amide bonds. The van der Waals surface area contributed by atoms with E-state index in [0.29, 0.717) is 0 Å². The molecule has 0 radical (unpaired) electrons. The van der Waals surface area contributed by atoms with Crippen LogP contribution < -0.4 is 5.73 Å². The molecule has 7 heteroatoms. The Hall–Kier alpha value is -0.880. The molecule has 1 rings (SSSR count). The van der Waals surface area contributed by atoms with E-state index in [1.807, 2.05) is 0 Å². The van der Waals surface area contributed by atoms with Gasteiger partial charge in [0.05, 0.1) is 14.4 Å². The fraction of sp³-hybridized carbons (Fsp3) is 0. The molecule has 4 nitrogen and oxygen atoms in total. The van der Waals surface area contributed by atoms with Gasteiger partial charge in [0.2, 0.25) is 0 Å². The smallest absolute Gasteiger partial charge is 0.294 e. The molecule has 70 valence electrons. The van der Waals surface area contributed by atoms with Crippen LogP contribution in [-0.4, -0.2) is 4.92 Å². The molecule has 0 saturated carbocycles. The molecule has 0 saturated heterocycles. The summed E-state index contributed by atoms with van der Waals surface area (Å²) in [7, 11) is 0. The van der Waals surface area contributed by atoms with Crippen molar-refractivity contribution in [2.24, 2.45) is 0 Å². The quantitative estimate of drug-likeness (QED) is 0.369. The fourth-order valence-electron chi connectivity index (χ4n) is 0.748. The summed E-state index contributed by atoms with van der Waals surface area (Å²) in [6.07, 6.45) is 0. The van der Waals surface area contributed by atoms with Crippen LogP contribution in [0.25, 0.3) is 0 Å². The monoisotopic (exact) mass is 268 g/mol. The number of rotatable bonds is 1. The Morgan fingerprint density at radius 2 is 2.23 bits per heavy atom. The third-order valence-electron chi connectivity index (χ3n) is 1.37. The Kier molecular flexibility index (Phi) is 2.72. The van der Waals surface area contributed by atoms with Crippen LogP contribution in [-0.2, 0) is 0 Å². The van der Waals surface area contributed by atoms with Crippen molar-refractivity contribution in [2.45, 2.75) is 0 Å². The zero-order valence-corrected chi connectivity index (χ0v) is 8.39. The van der Waals surface area contributed by atoms with Gasteiger partial charge in [0, 0.05) is 6.07 Å². The Morgan fingerprint density at radius 3 is 2.69 bits per heavy atom. The number of benzene rings is 1. The maximum atomic E-state index is 13.0. The molecule has 0 aliphatic carbocycles. The molecule has 0 heterocycles. The molecule has 13 heavy (non-hydrogen) atoms. The van der Waals surface area contributed by atoms with E-state index < -0.39 is 16.4 Å². The lowest BCUT2D eigenvalue weighted by atomic mass is 10.2. The van der Waals surface area contributed by atoms with E-state index in [1.165, 1.54) is 0 Å². The van der Waals surface area contributed by atoms with Crippen LogP contribution in [0.15, 0.2) is 10.5 Å². The maximum Gasteiger partial charge on any atom is 0.294 e. The average Bonchev–Trinajstić information content (AvgIpc) is 2.07. The Bertz CT molecular complexity index is 385. The third kappa shape index (κ3) is 1.73. The molecule has 0 bridgehead atoms. The summed E-state index contributed by atoms with van der Waals surface area (Å²) in [6, 6.07) is 0.872. The lowest BCUT2D eigenvalue weighted by Gasteiger charge is -2.02. The second-order valence-corrected chi connectivity index (χ2v) is 3.38. The molecule has 1 aromatic carbocycles. The van der Waals surface area contributed by atoms with Crippen LogP contribution in [0.4, 0.5) is 15.8 Å². The van der Waals surface area contributed by atoms with Gasteiger partial charge in [-0.05, 0) is 15.9 Å². The number of nitrogens with zero attached hydrogens (tertiary/aromatic N) is 1. The van der Waals surface area contributed by atoms with Crippen LogP contribution in [0.1, 0.15) is 0 Å². The zero-order valence-electron chi connectivity index (χ0n) is 6.05. The van der Waals surface area contributed by atoms with Gasteiger partial charge in [0.15, 0.2) is 5.82 Å². The van der Waals surface area contributed by atoms with Crippen LogP contribution in [0, 0.1) is 15.9 Å². The first-order chi connectivity index (χ1) is 5.95. The van der Waals surface area contributed by atoms with E-state index in [9.17, 15) is 14.5 Å². The van der Waals surface area contributed by atoms with Crippen LogP contribution in [0.2, 0.25) is 5.02 Å². The topological polar surface area (TPSA) is 69.2 Å². The van der Waals surface area contributed by atoms with Crippen molar-refractivity contribution in [3.8, 4) is 0 Å². The lowest BCUT2D eigenvalue weighted by molar-refractivity contribution is -0.384. The number of nitrogens with two attached hydrogens (primary N) is 1. The van der Waals surface area contributed by atoms with Gasteiger partial charge in [0.1, 0.15) is 5.69 Å². The summed E-state index contributed by atoms with van der Waals surface area (Å²) in [6.45, 7) is 0. The predicted molar refractivity (Wildman–Crippen MR) is 50.2 cm³/mol. The van der Waals surface area contributed by atoms with Gasteiger partial charge in [-0.25, -0.2) is 4.39 Å². The summed E-state index contributed by atoms with van der Waals surface area (Å²) in [4.78, 5) is 9.63. The molecule has 0 aliphatic rings. The van der Waals surface area contributed by atoms with Gasteiger partial charge in [-0.15, -0.1) is 0 Å². The lowest BCUT2D eigenvalue weighted by Crippen LogP contribution is -1.98. The number of halogens is 3. The number of nitrogen functional groups attached to an aromatic ring is 1. The Morgan fingerprint density at radius 1 is 1.69 bits per heavy atom. The first-order valence-corrected chi connectivity index (χ1v) is 4.19. The Balaban J connectivity index is 3.50. The predicted octanol–water partition coefficient (Wildman–Crippen LogP) is 2.73. The number of hydrogen-bond acceptors (Lipinski definition) is 3. The highest BCUT2D eigenvalue weighted by molar-refractivity contribution is 9.10. The summed E-state index contributed by atoms with van der Waals surface area (Å²) >= 11 is 8.13. The van der Waals surface area contributed by atoms with E-state index in [-0.39, 0.29) is 15.2 Å². The van der Waals surface area contributed by atoms with Gasteiger partial charge >= 0.3 is 0 Å². The van der Waals surface area contributed by atoms with Crippen LogP contribution >= 0.6 is 27.5 Å². The second-order valence-electron chi connectivity index (χ2n) is 2.18. The molecular formula is C6H3BrClFN2O2. The largest absolute Gasteiger partial charge is 0.392 e. The summed E-state index contributed by atoms with van der Waals surface area (Å²) < 4.78 is 12.8. The van der Waals surface area contributed by atoms with Gasteiger partial charge in [-0.3, -0.25) is 10.1 Å². The van der Waals surface area contributed by atoms with Crippen molar-refractivity contribution in [3.05, 3.63) is 31.5 Å². The highest BCUT2D eigenvalue weighted by atomic mass is 79.9. The fourth-order valence-corrected chi connectivity index (χ4v) is 1.48. The van der Waals surface area contributed by atoms with Crippen molar-refractivity contribution >= 4 is 38.9 Å². The first kappa shape index (κ1) is 10.2. The van der Waals surface area contributed by atoms with Gasteiger partial charge < -0.3 is 5.73 Å². The van der Waals surface area contributed by atoms with Crippen LogP contribution in [0.3, 0.4) is 0 Å². The second kappa shape index (κ2) is 3.47. The van der Waals surface area contributed by atoms with Gasteiger partial charge in [-0.2, -0.15) is 0 Å². The first-order valence-electron chi connectivity index (χ1n) is 3.02. The van der Waals surface area contributed by atoms with E-state index in [2.05, 4.69) is 15.9 Å². The Labute approximate surface area is 85.8 Å². The molecule has 0 aliphatic heterocycles. The molecule has 0 atom stereocenters. The molecule has 1 aromatic rings. The van der Waals surface area contributed by atoms with Gasteiger partial charge in [0.25, 0.3) is 5.69 Å². The molecule has 0 spiro atoms. The zero-order chi connectivity index (χ0) is 10.2. The SMILES string of the molecule is Nc1c([N+](=O)[O-])cc(Cl)c(F)c1Br. The normalized spacial score (nSPS) is 10.1. The van der Waals surface area contributed by atoms with E-state index in [1.54, 1.807) is 0 Å². The highest BCUT2D eigenvalue weighted by Crippen LogP contribution is 2.36. The van der Waals surface area contributed by atoms with Crippen LogP contribution in [0.5, 0.6) is 0 Å². The standard InChI is InChI=1S/C6H3BrClFN2O2/c7-4-5(9)2(8)1-3(6(4)10)11(12)13/h1H,10H2. The number of nitro benzene ring substituents is 1. The average molecular weight is 269 g/mol. The minimum absolute atomic E-state index is 0.188. The number of nitro groups is 1. The summed E-state index contributed by atoms with van der Waals surface area (Å²) in [5, 5.41) is 10.0. The van der Waals surface area contributed by atoms with Crippen molar-refractivity contribution in [3.63, 3.8) is 0 Å². The van der Waals surface area contributed by atoms with E-state index in [0.717, 1.165) is 6.07 Å². The van der Waals surface area contributed by atoms with Crippen molar-refractivity contribution < 1.29 is 9.31 Å². The minimum Gasteiger partial charge on any atom is -0.392 e. The maximum absolute atomic E-state index is 13.0.